The quantitative estimate of drug-likeness (QED) is 0.617. The van der Waals surface area contributed by atoms with Crippen LogP contribution in [0, 0.1) is 0 Å². The summed E-state index contributed by atoms with van der Waals surface area (Å²) in [5, 5.41) is 24.0. The van der Waals surface area contributed by atoms with Gasteiger partial charge in [-0.3, -0.25) is 10.1 Å². The molecule has 128 valence electrons. The summed E-state index contributed by atoms with van der Waals surface area (Å²) in [6.45, 7) is -0.0567. The number of aliphatic hydroxyl groups is 2. The maximum Gasteiger partial charge on any atom is 0.471 e. The zero-order valence-electron chi connectivity index (χ0n) is 12.0. The van der Waals surface area contributed by atoms with E-state index in [2.05, 4.69) is 5.32 Å². The fourth-order valence-corrected chi connectivity index (χ4v) is 2.24. The lowest BCUT2D eigenvalue weighted by Crippen LogP contribution is -2.67. The van der Waals surface area contributed by atoms with Crippen molar-refractivity contribution in [3.63, 3.8) is 0 Å². The molecule has 0 saturated carbocycles. The lowest BCUT2D eigenvalue weighted by molar-refractivity contribution is -0.179. The molecule has 1 aromatic carbocycles. The monoisotopic (exact) mass is 334 g/mol. The number of carbonyl (C=O) groups excluding carboxylic acids is 1. The van der Waals surface area contributed by atoms with Crippen molar-refractivity contribution in [1.29, 1.82) is 0 Å². The maximum absolute atomic E-state index is 12.3. The lowest BCUT2D eigenvalue weighted by atomic mass is 10.00. The molecule has 1 heterocycles. The van der Waals surface area contributed by atoms with Gasteiger partial charge in [0.15, 0.2) is 0 Å². The molecule has 4 atom stereocenters. The first-order valence-electron chi connectivity index (χ1n) is 6.92. The third-order valence-corrected chi connectivity index (χ3v) is 3.43. The van der Waals surface area contributed by atoms with Gasteiger partial charge in [0.1, 0.15) is 18.4 Å². The Labute approximate surface area is 130 Å². The summed E-state index contributed by atoms with van der Waals surface area (Å²) >= 11 is 0. The number of nitrogens with one attached hydrogen (secondary N) is 2. The number of hydrogen-bond donors (Lipinski definition) is 4. The van der Waals surface area contributed by atoms with Crippen molar-refractivity contribution in [3.05, 3.63) is 35.9 Å². The van der Waals surface area contributed by atoms with Crippen LogP contribution in [0.25, 0.3) is 0 Å². The molecule has 4 N–H and O–H groups in total. The van der Waals surface area contributed by atoms with Crippen molar-refractivity contribution >= 4 is 5.91 Å². The van der Waals surface area contributed by atoms with Gasteiger partial charge >= 0.3 is 12.1 Å². The first-order chi connectivity index (χ1) is 10.8. The van der Waals surface area contributed by atoms with Crippen LogP contribution >= 0.6 is 0 Å². The second-order valence-corrected chi connectivity index (χ2v) is 5.18. The molecule has 1 aliphatic heterocycles. The van der Waals surface area contributed by atoms with Crippen LogP contribution in [0.4, 0.5) is 13.2 Å². The van der Waals surface area contributed by atoms with Crippen molar-refractivity contribution in [2.45, 2.75) is 37.3 Å². The minimum atomic E-state index is -5.06. The van der Waals surface area contributed by atoms with Crippen LogP contribution in [0.5, 0.6) is 0 Å². The highest BCUT2D eigenvalue weighted by atomic mass is 19.4. The highest BCUT2D eigenvalue weighted by Gasteiger charge is 2.44. The first kappa shape index (κ1) is 17.7. The molecule has 0 aliphatic carbocycles. The first-order valence-corrected chi connectivity index (χ1v) is 6.92. The third kappa shape index (κ3) is 4.64. The summed E-state index contributed by atoms with van der Waals surface area (Å²) in [6, 6.07) is 8.90. The van der Waals surface area contributed by atoms with Gasteiger partial charge in [-0.1, -0.05) is 30.3 Å². The summed E-state index contributed by atoms with van der Waals surface area (Å²) in [5.74, 6) is -2.17. The van der Waals surface area contributed by atoms with Crippen LogP contribution in [0.2, 0.25) is 0 Å². The third-order valence-electron chi connectivity index (χ3n) is 3.43. The predicted molar refractivity (Wildman–Crippen MR) is 73.0 cm³/mol. The fourth-order valence-electron chi connectivity index (χ4n) is 2.24. The SMILES string of the molecule is O=C(NC1NC[C@@H](O)[C@H](OCc2ccccc2)[C@H]1O)C(F)(F)F. The lowest BCUT2D eigenvalue weighted by Gasteiger charge is -2.38. The number of halogens is 3. The Hall–Kier alpha value is -1.68. The van der Waals surface area contributed by atoms with E-state index in [4.69, 9.17) is 4.74 Å². The van der Waals surface area contributed by atoms with Crippen LogP contribution < -0.4 is 10.6 Å². The molecular formula is C14H17F3N2O4. The topological polar surface area (TPSA) is 90.8 Å². The van der Waals surface area contributed by atoms with Gasteiger partial charge in [0.25, 0.3) is 0 Å². The minimum Gasteiger partial charge on any atom is -0.389 e. The van der Waals surface area contributed by atoms with Crippen LogP contribution in [0.3, 0.4) is 0 Å². The Kier molecular flexibility index (Phi) is 5.58. The van der Waals surface area contributed by atoms with E-state index in [0.717, 1.165) is 5.56 Å². The van der Waals surface area contributed by atoms with Gasteiger partial charge in [-0.05, 0) is 5.56 Å². The fraction of sp³-hybridized carbons (Fsp3) is 0.500. The number of β-amino-alcohol motifs (C(OH)–C–C–N with tert-alkyl or cyclic N) is 1. The summed E-state index contributed by atoms with van der Waals surface area (Å²) in [7, 11) is 0. The maximum atomic E-state index is 12.3. The number of amides is 1. The smallest absolute Gasteiger partial charge is 0.389 e. The summed E-state index contributed by atoms with van der Waals surface area (Å²) in [6.07, 6.45) is -10.2. The molecule has 9 heteroatoms. The van der Waals surface area contributed by atoms with Gasteiger partial charge in [-0.15, -0.1) is 0 Å². The largest absolute Gasteiger partial charge is 0.471 e. The van der Waals surface area contributed by atoms with Crippen LogP contribution in [0.1, 0.15) is 5.56 Å². The average molecular weight is 334 g/mol. The Morgan fingerprint density at radius 3 is 2.57 bits per heavy atom. The van der Waals surface area contributed by atoms with Crippen molar-refractivity contribution in [1.82, 2.24) is 10.6 Å². The molecule has 1 aromatic rings. The Balaban J connectivity index is 1.97. The molecule has 1 amide bonds. The number of carbonyl (C=O) groups is 1. The van der Waals surface area contributed by atoms with Gasteiger partial charge in [0.2, 0.25) is 0 Å². The molecule has 1 saturated heterocycles. The van der Waals surface area contributed by atoms with Crippen LogP contribution in [0.15, 0.2) is 30.3 Å². The van der Waals surface area contributed by atoms with E-state index >= 15 is 0 Å². The second-order valence-electron chi connectivity index (χ2n) is 5.18. The van der Waals surface area contributed by atoms with Gasteiger partial charge in [-0.2, -0.15) is 13.2 Å². The van der Waals surface area contributed by atoms with Crippen molar-refractivity contribution in [3.8, 4) is 0 Å². The van der Waals surface area contributed by atoms with Gasteiger partial charge in [-0.25, -0.2) is 0 Å². The van der Waals surface area contributed by atoms with E-state index in [9.17, 15) is 28.2 Å². The molecule has 23 heavy (non-hydrogen) atoms. The van der Waals surface area contributed by atoms with Gasteiger partial charge in [0, 0.05) is 6.54 Å². The molecule has 6 nitrogen and oxygen atoms in total. The number of piperidine rings is 1. The molecule has 0 aromatic heterocycles. The molecule has 1 aliphatic rings. The van der Waals surface area contributed by atoms with E-state index in [-0.39, 0.29) is 13.2 Å². The average Bonchev–Trinajstić information content (AvgIpc) is 2.50. The number of aliphatic hydroxyl groups excluding tert-OH is 2. The highest BCUT2D eigenvalue weighted by Crippen LogP contribution is 2.18. The number of rotatable bonds is 4. The van der Waals surface area contributed by atoms with E-state index in [0.29, 0.717) is 0 Å². The zero-order valence-corrected chi connectivity index (χ0v) is 12.0. The molecular weight excluding hydrogens is 317 g/mol. The van der Waals surface area contributed by atoms with E-state index in [1.165, 1.54) is 0 Å². The molecule has 2 rings (SSSR count). The van der Waals surface area contributed by atoms with Gasteiger partial charge in [0.05, 0.1) is 12.7 Å². The number of hydrogen-bond acceptors (Lipinski definition) is 5. The van der Waals surface area contributed by atoms with Crippen LogP contribution in [-0.2, 0) is 16.1 Å². The van der Waals surface area contributed by atoms with E-state index in [1.807, 2.05) is 0 Å². The number of benzene rings is 1. The number of alkyl halides is 3. The molecule has 1 unspecified atom stereocenters. The second kappa shape index (κ2) is 7.26. The van der Waals surface area contributed by atoms with Gasteiger partial charge < -0.3 is 20.3 Å². The van der Waals surface area contributed by atoms with Crippen LogP contribution in [-0.4, -0.2) is 53.3 Å². The minimum absolute atomic E-state index is 0.0690. The van der Waals surface area contributed by atoms with Crippen molar-refractivity contribution in [2.75, 3.05) is 6.54 Å². The van der Waals surface area contributed by atoms with Crippen molar-refractivity contribution in [2.24, 2.45) is 0 Å². The van der Waals surface area contributed by atoms with Crippen molar-refractivity contribution < 1.29 is 32.9 Å². The summed E-state index contributed by atoms with van der Waals surface area (Å²) in [5.41, 5.74) is 0.779. The number of ether oxygens (including phenoxy) is 1. The Bertz CT molecular complexity index is 527. The normalized spacial score (nSPS) is 28.4. The molecule has 0 radical (unpaired) electrons. The summed E-state index contributed by atoms with van der Waals surface area (Å²) in [4.78, 5) is 11.0. The predicted octanol–water partition coefficient (Wildman–Crippen LogP) is -0.0986. The van der Waals surface area contributed by atoms with E-state index in [1.54, 1.807) is 35.6 Å². The van der Waals surface area contributed by atoms with E-state index < -0.39 is 36.6 Å². The molecule has 0 spiro atoms. The standard InChI is InChI=1S/C14H17F3N2O4/c15-14(16,17)13(22)19-12-10(21)11(9(20)6-18-12)23-7-8-4-2-1-3-5-8/h1-5,9-12,18,20-21H,6-7H2,(H,19,22)/t9-,10-,11+,12?/m1/s1. The molecule has 0 bridgehead atoms. The Morgan fingerprint density at radius 1 is 1.30 bits per heavy atom. The molecule has 1 fully saturated rings. The highest BCUT2D eigenvalue weighted by molar-refractivity contribution is 5.81. The Morgan fingerprint density at radius 2 is 1.96 bits per heavy atom. The summed E-state index contributed by atoms with van der Waals surface area (Å²) < 4.78 is 42.2. The zero-order chi connectivity index (χ0) is 17.0.